The minimum absolute atomic E-state index is 0.0429. The van der Waals surface area contributed by atoms with Crippen LogP contribution in [0, 0.1) is 18.3 Å². The van der Waals surface area contributed by atoms with E-state index >= 15 is 0 Å². The zero-order valence-electron chi connectivity index (χ0n) is 21.8. The molecule has 2 aromatic carbocycles. The van der Waals surface area contributed by atoms with Crippen molar-refractivity contribution < 1.29 is 9.53 Å². The molecular formula is C29H27ClN4O3S2. The number of anilines is 1. The van der Waals surface area contributed by atoms with E-state index in [9.17, 15) is 14.9 Å². The predicted octanol–water partition coefficient (Wildman–Crippen LogP) is 5.77. The Balaban J connectivity index is 1.67. The van der Waals surface area contributed by atoms with E-state index in [-0.39, 0.29) is 17.0 Å². The quantitative estimate of drug-likeness (QED) is 0.255. The smallest absolute Gasteiger partial charge is 0.270 e. The van der Waals surface area contributed by atoms with Gasteiger partial charge in [0.15, 0.2) is 0 Å². The summed E-state index contributed by atoms with van der Waals surface area (Å²) in [5.74, 6) is 1.08. The summed E-state index contributed by atoms with van der Waals surface area (Å²) in [5, 5.41) is 13.7. The number of halogens is 1. The van der Waals surface area contributed by atoms with E-state index in [0.717, 1.165) is 16.9 Å². The molecule has 1 aliphatic rings. The molecular weight excluding hydrogens is 552 g/mol. The van der Waals surface area contributed by atoms with Crippen LogP contribution in [0.2, 0.25) is 5.02 Å². The van der Waals surface area contributed by atoms with Crippen LogP contribution < -0.4 is 15.6 Å². The highest BCUT2D eigenvalue weighted by atomic mass is 35.5. The number of thiocarbonyl (C=S) groups is 1. The second-order valence-electron chi connectivity index (χ2n) is 8.80. The molecule has 4 rings (SSSR count). The molecule has 1 N–H and O–H groups in total. The molecule has 1 aromatic heterocycles. The normalized spacial score (nSPS) is 14.1. The Morgan fingerprint density at radius 2 is 1.90 bits per heavy atom. The lowest BCUT2D eigenvalue weighted by Crippen LogP contribution is -2.30. The molecule has 0 saturated carbocycles. The molecule has 3 aromatic rings. The van der Waals surface area contributed by atoms with Crippen molar-refractivity contribution in [3.63, 3.8) is 0 Å². The lowest BCUT2D eigenvalue weighted by molar-refractivity contribution is -0.122. The number of ether oxygens (including phenoxy) is 1. The fourth-order valence-corrected chi connectivity index (χ4v) is 5.83. The SMILES string of the molecule is CCn1c(NCc2ccccc2Cl)c(/C=C2/SC(=S)N(CCc3ccc(OC)cc3)C2=O)c(C)c(C#N)c1=O. The van der Waals surface area contributed by atoms with Gasteiger partial charge < -0.3 is 10.1 Å². The number of carbonyl (C=O) groups excluding carboxylic acids is 1. The summed E-state index contributed by atoms with van der Waals surface area (Å²) < 4.78 is 7.19. The van der Waals surface area contributed by atoms with Gasteiger partial charge in [-0.05, 0) is 61.2 Å². The highest BCUT2D eigenvalue weighted by Crippen LogP contribution is 2.35. The van der Waals surface area contributed by atoms with Gasteiger partial charge in [0.2, 0.25) is 0 Å². The van der Waals surface area contributed by atoms with Crippen LogP contribution in [-0.4, -0.2) is 33.3 Å². The fourth-order valence-electron chi connectivity index (χ4n) is 4.33. The van der Waals surface area contributed by atoms with E-state index in [0.29, 0.717) is 57.2 Å². The number of nitrogens with one attached hydrogen (secondary N) is 1. The summed E-state index contributed by atoms with van der Waals surface area (Å²) in [6, 6.07) is 17.2. The molecule has 0 unspecified atom stereocenters. The predicted molar refractivity (Wildman–Crippen MR) is 161 cm³/mol. The van der Waals surface area contributed by atoms with E-state index in [4.69, 9.17) is 28.6 Å². The maximum atomic E-state index is 13.4. The van der Waals surface area contributed by atoms with Gasteiger partial charge in [-0.1, -0.05) is 65.9 Å². The molecule has 200 valence electrons. The Morgan fingerprint density at radius 3 is 2.54 bits per heavy atom. The van der Waals surface area contributed by atoms with Crippen LogP contribution >= 0.6 is 35.6 Å². The van der Waals surface area contributed by atoms with E-state index < -0.39 is 0 Å². The first-order chi connectivity index (χ1) is 18.8. The van der Waals surface area contributed by atoms with Gasteiger partial charge in [0.25, 0.3) is 11.5 Å². The van der Waals surface area contributed by atoms with Crippen LogP contribution in [-0.2, 0) is 24.3 Å². The van der Waals surface area contributed by atoms with Crippen molar-refractivity contribution in [2.45, 2.75) is 33.4 Å². The minimum Gasteiger partial charge on any atom is -0.497 e. The van der Waals surface area contributed by atoms with Gasteiger partial charge in [-0.2, -0.15) is 5.26 Å². The monoisotopic (exact) mass is 578 g/mol. The van der Waals surface area contributed by atoms with Gasteiger partial charge in [-0.3, -0.25) is 19.1 Å². The number of methoxy groups -OCH3 is 1. The number of hydrogen-bond donors (Lipinski definition) is 1. The molecule has 10 heteroatoms. The molecule has 0 bridgehead atoms. The van der Waals surface area contributed by atoms with Crippen LogP contribution in [0.3, 0.4) is 0 Å². The summed E-state index contributed by atoms with van der Waals surface area (Å²) in [5.41, 5.74) is 2.66. The number of aromatic nitrogens is 1. The fraction of sp³-hybridized carbons (Fsp3) is 0.241. The Hall–Kier alpha value is -3.58. The number of nitrogens with zero attached hydrogens (tertiary/aromatic N) is 3. The third kappa shape index (κ3) is 6.04. The Morgan fingerprint density at radius 1 is 1.18 bits per heavy atom. The first-order valence-corrected chi connectivity index (χ1v) is 13.9. The van der Waals surface area contributed by atoms with Gasteiger partial charge in [0, 0.05) is 30.2 Å². The van der Waals surface area contributed by atoms with Crippen molar-refractivity contribution in [1.29, 1.82) is 5.26 Å². The molecule has 0 atom stereocenters. The van der Waals surface area contributed by atoms with Gasteiger partial charge in [0.1, 0.15) is 27.5 Å². The van der Waals surface area contributed by atoms with E-state index in [2.05, 4.69) is 5.32 Å². The van der Waals surface area contributed by atoms with E-state index in [1.807, 2.05) is 55.5 Å². The Kier molecular flexibility index (Phi) is 9.12. The second kappa shape index (κ2) is 12.5. The van der Waals surface area contributed by atoms with Crippen molar-refractivity contribution in [3.05, 3.63) is 96.6 Å². The van der Waals surface area contributed by atoms with Gasteiger partial charge >= 0.3 is 0 Å². The zero-order valence-corrected chi connectivity index (χ0v) is 24.2. The standard InChI is InChI=1S/C29H27ClN4O3S2/c1-4-33-26(32-17-20-7-5-6-8-24(20)30)22(18(2)23(16-31)27(33)35)15-25-28(36)34(29(38)39-25)14-13-19-9-11-21(37-3)12-10-19/h5-12,15,32H,4,13-14,17H2,1-3H3/b25-15+. The minimum atomic E-state index is -0.386. The van der Waals surface area contributed by atoms with Crippen molar-refractivity contribution >= 4 is 57.7 Å². The largest absolute Gasteiger partial charge is 0.497 e. The van der Waals surface area contributed by atoms with E-state index in [1.54, 1.807) is 31.1 Å². The molecule has 1 fully saturated rings. The first-order valence-electron chi connectivity index (χ1n) is 12.3. The Labute approximate surface area is 242 Å². The van der Waals surface area contributed by atoms with Crippen LogP contribution in [0.25, 0.3) is 6.08 Å². The van der Waals surface area contributed by atoms with Crippen LogP contribution in [0.15, 0.2) is 58.2 Å². The molecule has 1 aliphatic heterocycles. The summed E-state index contributed by atoms with van der Waals surface area (Å²) in [4.78, 5) is 28.6. The van der Waals surface area contributed by atoms with Crippen LogP contribution in [0.4, 0.5) is 5.82 Å². The summed E-state index contributed by atoms with van der Waals surface area (Å²) in [7, 11) is 1.62. The molecule has 39 heavy (non-hydrogen) atoms. The van der Waals surface area contributed by atoms with Crippen molar-refractivity contribution in [2.75, 3.05) is 19.0 Å². The number of carbonyl (C=O) groups is 1. The Bertz CT molecular complexity index is 1560. The van der Waals surface area contributed by atoms with Gasteiger partial charge in [-0.15, -0.1) is 0 Å². The third-order valence-electron chi connectivity index (χ3n) is 6.53. The average Bonchev–Trinajstić information content (AvgIpc) is 3.20. The van der Waals surface area contributed by atoms with Gasteiger partial charge in [0.05, 0.1) is 12.0 Å². The van der Waals surface area contributed by atoms with Crippen molar-refractivity contribution in [3.8, 4) is 11.8 Å². The number of benzene rings is 2. The summed E-state index contributed by atoms with van der Waals surface area (Å²) in [6.45, 7) is 4.68. The molecule has 1 amide bonds. The molecule has 0 aliphatic carbocycles. The molecule has 7 nitrogen and oxygen atoms in total. The number of pyridine rings is 1. The van der Waals surface area contributed by atoms with Crippen molar-refractivity contribution in [1.82, 2.24) is 9.47 Å². The summed E-state index contributed by atoms with van der Waals surface area (Å²) >= 11 is 13.1. The zero-order chi connectivity index (χ0) is 28.1. The number of thioether (sulfide) groups is 1. The number of amides is 1. The third-order valence-corrected chi connectivity index (χ3v) is 8.27. The highest BCUT2D eigenvalue weighted by molar-refractivity contribution is 8.26. The number of rotatable bonds is 9. The summed E-state index contributed by atoms with van der Waals surface area (Å²) in [6.07, 6.45) is 2.36. The van der Waals surface area contributed by atoms with Crippen LogP contribution in [0.5, 0.6) is 5.75 Å². The average molecular weight is 579 g/mol. The first kappa shape index (κ1) is 28.4. The number of hydrogen-bond acceptors (Lipinski definition) is 7. The highest BCUT2D eigenvalue weighted by Gasteiger charge is 2.32. The van der Waals surface area contributed by atoms with E-state index in [1.165, 1.54) is 16.3 Å². The number of nitriles is 1. The molecule has 2 heterocycles. The van der Waals surface area contributed by atoms with Crippen LogP contribution in [0.1, 0.15) is 34.7 Å². The maximum Gasteiger partial charge on any atom is 0.270 e. The maximum absolute atomic E-state index is 13.4. The lowest BCUT2D eigenvalue weighted by Gasteiger charge is -2.20. The lowest BCUT2D eigenvalue weighted by atomic mass is 10.0. The van der Waals surface area contributed by atoms with Gasteiger partial charge in [-0.25, -0.2) is 0 Å². The molecule has 0 radical (unpaired) electrons. The van der Waals surface area contributed by atoms with Crippen molar-refractivity contribution in [2.24, 2.45) is 0 Å². The topological polar surface area (TPSA) is 87.4 Å². The molecule has 1 saturated heterocycles. The second-order valence-corrected chi connectivity index (χ2v) is 10.9. The molecule has 0 spiro atoms.